The number of aryl methyl sites for hydroxylation is 1. The van der Waals surface area contributed by atoms with E-state index in [2.05, 4.69) is 45.2 Å². The van der Waals surface area contributed by atoms with E-state index >= 15 is 0 Å². The van der Waals surface area contributed by atoms with Crippen molar-refractivity contribution in [3.63, 3.8) is 0 Å². The van der Waals surface area contributed by atoms with Gasteiger partial charge in [0.05, 0.1) is 13.1 Å². The van der Waals surface area contributed by atoms with Crippen LogP contribution in [0.15, 0.2) is 28.8 Å². The molecule has 0 radical (unpaired) electrons. The summed E-state index contributed by atoms with van der Waals surface area (Å²) in [5.41, 5.74) is 2.76. The third-order valence-electron chi connectivity index (χ3n) is 4.44. The van der Waals surface area contributed by atoms with Gasteiger partial charge in [0.1, 0.15) is 6.10 Å². The van der Waals surface area contributed by atoms with Crippen LogP contribution in [-0.4, -0.2) is 28.2 Å². The Bertz CT molecular complexity index is 719. The molecule has 24 heavy (non-hydrogen) atoms. The van der Waals surface area contributed by atoms with Crippen molar-refractivity contribution >= 4 is 0 Å². The van der Waals surface area contributed by atoms with E-state index in [9.17, 15) is 0 Å². The van der Waals surface area contributed by atoms with E-state index in [1.807, 2.05) is 13.8 Å². The van der Waals surface area contributed by atoms with E-state index in [0.29, 0.717) is 37.5 Å². The fourth-order valence-electron chi connectivity index (χ4n) is 3.30. The fraction of sp³-hybridized carbons (Fsp3) is 0.474. The van der Waals surface area contributed by atoms with Crippen LogP contribution in [-0.2, 0) is 17.7 Å². The van der Waals surface area contributed by atoms with Crippen LogP contribution < -0.4 is 0 Å². The molecule has 1 aliphatic carbocycles. The molecule has 1 aromatic carbocycles. The van der Waals surface area contributed by atoms with E-state index in [1.54, 1.807) is 0 Å². The minimum absolute atomic E-state index is 0.166. The summed E-state index contributed by atoms with van der Waals surface area (Å²) < 4.78 is 10.9. The van der Waals surface area contributed by atoms with Crippen molar-refractivity contribution in [1.82, 2.24) is 15.0 Å². The molecule has 0 bridgehead atoms. The van der Waals surface area contributed by atoms with Gasteiger partial charge in [0.2, 0.25) is 5.89 Å². The average Bonchev–Trinajstić information content (AvgIpc) is 3.21. The molecular formula is C19H23N3O2. The van der Waals surface area contributed by atoms with Crippen molar-refractivity contribution in [2.24, 2.45) is 0 Å². The van der Waals surface area contributed by atoms with Gasteiger partial charge in [0, 0.05) is 12.6 Å². The molecule has 1 aliphatic rings. The number of fused-ring (bicyclic) bond motifs is 1. The maximum atomic E-state index is 5.59. The summed E-state index contributed by atoms with van der Waals surface area (Å²) in [6.45, 7) is 5.59. The Hall–Kier alpha value is -2.16. The van der Waals surface area contributed by atoms with Crippen molar-refractivity contribution in [2.45, 2.75) is 45.4 Å². The monoisotopic (exact) mass is 325 g/mol. The van der Waals surface area contributed by atoms with E-state index in [-0.39, 0.29) is 6.10 Å². The van der Waals surface area contributed by atoms with Gasteiger partial charge in [0.15, 0.2) is 5.82 Å². The van der Waals surface area contributed by atoms with Gasteiger partial charge in [-0.2, -0.15) is 4.98 Å². The van der Waals surface area contributed by atoms with Crippen LogP contribution in [0.25, 0.3) is 0 Å². The van der Waals surface area contributed by atoms with E-state index < -0.39 is 0 Å². The summed E-state index contributed by atoms with van der Waals surface area (Å²) in [5.74, 6) is 3.92. The SMILES string of the molecule is C#CCN(Cc1nc([C@H](C)OCC)no1)[C@@H]1CCc2ccccc21. The average molecular weight is 325 g/mol. The highest BCUT2D eigenvalue weighted by atomic mass is 16.5. The summed E-state index contributed by atoms with van der Waals surface area (Å²) >= 11 is 0. The number of hydrogen-bond donors (Lipinski definition) is 0. The van der Waals surface area contributed by atoms with Crippen LogP contribution in [0, 0.1) is 12.3 Å². The number of hydrogen-bond acceptors (Lipinski definition) is 5. The van der Waals surface area contributed by atoms with Gasteiger partial charge in [-0.05, 0) is 37.8 Å². The molecule has 0 fully saturated rings. The molecule has 0 amide bonds. The van der Waals surface area contributed by atoms with Crippen molar-refractivity contribution in [2.75, 3.05) is 13.2 Å². The topological polar surface area (TPSA) is 51.4 Å². The van der Waals surface area contributed by atoms with E-state index in [1.165, 1.54) is 11.1 Å². The predicted molar refractivity (Wildman–Crippen MR) is 91.1 cm³/mol. The number of nitrogens with zero attached hydrogens (tertiary/aromatic N) is 3. The zero-order valence-corrected chi connectivity index (χ0v) is 14.2. The van der Waals surface area contributed by atoms with Gasteiger partial charge in [0.25, 0.3) is 0 Å². The highest BCUT2D eigenvalue weighted by molar-refractivity contribution is 5.34. The third-order valence-corrected chi connectivity index (χ3v) is 4.44. The number of rotatable bonds is 7. The van der Waals surface area contributed by atoms with Crippen molar-refractivity contribution < 1.29 is 9.26 Å². The first-order valence-electron chi connectivity index (χ1n) is 8.42. The first kappa shape index (κ1) is 16.7. The Balaban J connectivity index is 1.75. The van der Waals surface area contributed by atoms with Gasteiger partial charge in [-0.1, -0.05) is 35.3 Å². The second-order valence-corrected chi connectivity index (χ2v) is 6.01. The van der Waals surface area contributed by atoms with Crippen LogP contribution in [0.5, 0.6) is 0 Å². The van der Waals surface area contributed by atoms with Gasteiger partial charge >= 0.3 is 0 Å². The lowest BCUT2D eigenvalue weighted by Gasteiger charge is -2.26. The van der Waals surface area contributed by atoms with Crippen LogP contribution in [0.4, 0.5) is 0 Å². The summed E-state index contributed by atoms with van der Waals surface area (Å²) in [6, 6.07) is 8.86. The Morgan fingerprint density at radius 2 is 2.29 bits per heavy atom. The normalized spacial score (nSPS) is 17.7. The summed E-state index contributed by atoms with van der Waals surface area (Å²) in [5, 5.41) is 4.03. The van der Waals surface area contributed by atoms with Gasteiger partial charge in [-0.15, -0.1) is 6.42 Å². The Labute approximate surface area is 143 Å². The maximum absolute atomic E-state index is 5.59. The highest BCUT2D eigenvalue weighted by Crippen LogP contribution is 2.36. The second kappa shape index (κ2) is 7.61. The number of aromatic nitrogens is 2. The standard InChI is InChI=1S/C19H23N3O2/c1-4-12-22(17-11-10-15-8-6-7-9-16(15)17)13-18-20-19(21-24-18)14(3)23-5-2/h1,6-9,14,17H,5,10-13H2,2-3H3/t14-,17+/m0/s1. The number of terminal acetylenes is 1. The maximum Gasteiger partial charge on any atom is 0.240 e. The van der Waals surface area contributed by atoms with Gasteiger partial charge in [-0.25, -0.2) is 0 Å². The van der Waals surface area contributed by atoms with Crippen LogP contribution in [0.1, 0.15) is 55.3 Å². The minimum Gasteiger partial charge on any atom is -0.371 e. The van der Waals surface area contributed by atoms with Crippen LogP contribution in [0.2, 0.25) is 0 Å². The van der Waals surface area contributed by atoms with Crippen LogP contribution in [0.3, 0.4) is 0 Å². The quantitative estimate of drug-likeness (QED) is 0.731. The summed E-state index contributed by atoms with van der Waals surface area (Å²) in [6.07, 6.45) is 7.57. The molecule has 0 N–H and O–H groups in total. The zero-order valence-electron chi connectivity index (χ0n) is 14.2. The zero-order chi connectivity index (χ0) is 16.9. The van der Waals surface area contributed by atoms with E-state index in [0.717, 1.165) is 12.8 Å². The second-order valence-electron chi connectivity index (χ2n) is 6.01. The molecule has 126 valence electrons. The first-order valence-corrected chi connectivity index (χ1v) is 8.42. The molecule has 0 aliphatic heterocycles. The fourth-order valence-corrected chi connectivity index (χ4v) is 3.30. The van der Waals surface area contributed by atoms with Gasteiger partial charge < -0.3 is 9.26 Å². The molecule has 0 saturated carbocycles. The molecule has 0 saturated heterocycles. The largest absolute Gasteiger partial charge is 0.371 e. The van der Waals surface area contributed by atoms with Crippen molar-refractivity contribution in [1.29, 1.82) is 0 Å². The lowest BCUT2D eigenvalue weighted by atomic mass is 10.1. The molecule has 0 spiro atoms. The molecule has 3 rings (SSSR count). The van der Waals surface area contributed by atoms with E-state index in [4.69, 9.17) is 15.7 Å². The number of ether oxygens (including phenoxy) is 1. The molecule has 5 nitrogen and oxygen atoms in total. The molecule has 0 unspecified atom stereocenters. The molecule has 2 aromatic rings. The molecule has 1 heterocycles. The summed E-state index contributed by atoms with van der Waals surface area (Å²) in [4.78, 5) is 6.70. The van der Waals surface area contributed by atoms with Crippen molar-refractivity contribution in [3.05, 3.63) is 47.1 Å². The Kier molecular flexibility index (Phi) is 5.29. The molecule has 5 heteroatoms. The lowest BCUT2D eigenvalue weighted by Crippen LogP contribution is -2.27. The molecule has 2 atom stereocenters. The number of benzene rings is 1. The van der Waals surface area contributed by atoms with Crippen LogP contribution >= 0.6 is 0 Å². The molecular weight excluding hydrogens is 302 g/mol. The predicted octanol–water partition coefficient (Wildman–Crippen LogP) is 3.29. The first-order chi connectivity index (χ1) is 11.7. The van der Waals surface area contributed by atoms with Crippen molar-refractivity contribution in [3.8, 4) is 12.3 Å². The smallest absolute Gasteiger partial charge is 0.240 e. The Morgan fingerprint density at radius 1 is 1.46 bits per heavy atom. The summed E-state index contributed by atoms with van der Waals surface area (Å²) in [7, 11) is 0. The van der Waals surface area contributed by atoms with Gasteiger partial charge in [-0.3, -0.25) is 4.90 Å². The highest BCUT2D eigenvalue weighted by Gasteiger charge is 2.28. The molecule has 1 aromatic heterocycles. The Morgan fingerprint density at radius 3 is 3.08 bits per heavy atom. The minimum atomic E-state index is -0.166. The third kappa shape index (κ3) is 3.50. The lowest BCUT2D eigenvalue weighted by molar-refractivity contribution is 0.0683.